The molecule has 6 nitrogen and oxygen atoms in total. The van der Waals surface area contributed by atoms with Gasteiger partial charge in [-0.05, 0) is 29.9 Å². The third-order valence-corrected chi connectivity index (χ3v) is 4.82. The number of rotatable bonds is 12. The third-order valence-electron chi connectivity index (χ3n) is 4.82. The molecular weight excluding hydrogens is 380 g/mol. The molecule has 0 aromatic heterocycles. The summed E-state index contributed by atoms with van der Waals surface area (Å²) in [7, 11) is 0. The fourth-order valence-corrected chi connectivity index (χ4v) is 3.07. The van der Waals surface area contributed by atoms with E-state index in [2.05, 4.69) is 10.6 Å². The first kappa shape index (κ1) is 23.1. The number of carbonyl (C=O) groups is 3. The standard InChI is InChI=1S/C24H30N2O4/c1-19(12-14-26-24(29)30-18-20-8-4-2-5-9-20)16-23(28)25-15-13-22(17-27)21-10-6-3-7-11-21/h2-11,17,19,22H,12-16,18H2,1H3,(H,25,28)(H,26,29). The molecule has 0 aliphatic carbocycles. The molecule has 2 aromatic carbocycles. The van der Waals surface area contributed by atoms with Crippen LogP contribution in [0.1, 0.15) is 43.2 Å². The molecule has 0 bridgehead atoms. The smallest absolute Gasteiger partial charge is 0.407 e. The Morgan fingerprint density at radius 1 is 0.933 bits per heavy atom. The van der Waals surface area contributed by atoms with Crippen LogP contribution in [0.2, 0.25) is 0 Å². The molecule has 0 aliphatic heterocycles. The fraction of sp³-hybridized carbons (Fsp3) is 0.375. The van der Waals surface area contributed by atoms with Gasteiger partial charge in [-0.25, -0.2) is 4.79 Å². The number of benzene rings is 2. The van der Waals surface area contributed by atoms with Crippen molar-refractivity contribution in [2.75, 3.05) is 13.1 Å². The highest BCUT2D eigenvalue weighted by molar-refractivity contribution is 5.76. The number of ether oxygens (including phenoxy) is 1. The molecule has 0 fully saturated rings. The molecule has 2 N–H and O–H groups in total. The molecule has 2 aromatic rings. The quantitative estimate of drug-likeness (QED) is 0.521. The molecule has 0 radical (unpaired) electrons. The first-order valence-electron chi connectivity index (χ1n) is 10.3. The minimum atomic E-state index is -0.462. The second kappa shape index (κ2) is 13.1. The zero-order chi connectivity index (χ0) is 21.6. The second-order valence-corrected chi connectivity index (χ2v) is 7.38. The van der Waals surface area contributed by atoms with Gasteiger partial charge in [-0.2, -0.15) is 0 Å². The van der Waals surface area contributed by atoms with E-state index < -0.39 is 6.09 Å². The maximum absolute atomic E-state index is 12.1. The van der Waals surface area contributed by atoms with Gasteiger partial charge in [-0.3, -0.25) is 4.79 Å². The molecule has 2 rings (SSSR count). The van der Waals surface area contributed by atoms with Crippen LogP contribution >= 0.6 is 0 Å². The first-order valence-corrected chi connectivity index (χ1v) is 10.3. The molecule has 30 heavy (non-hydrogen) atoms. The van der Waals surface area contributed by atoms with E-state index in [9.17, 15) is 14.4 Å². The predicted octanol–water partition coefficient (Wildman–Crippen LogP) is 3.82. The molecule has 0 saturated carbocycles. The Morgan fingerprint density at radius 3 is 2.23 bits per heavy atom. The molecule has 0 saturated heterocycles. The number of amides is 2. The Labute approximate surface area is 178 Å². The number of alkyl carbamates (subject to hydrolysis) is 1. The highest BCUT2D eigenvalue weighted by Crippen LogP contribution is 2.16. The topological polar surface area (TPSA) is 84.5 Å². The lowest BCUT2D eigenvalue weighted by molar-refractivity contribution is -0.122. The van der Waals surface area contributed by atoms with Crippen molar-refractivity contribution in [1.29, 1.82) is 0 Å². The monoisotopic (exact) mass is 410 g/mol. The van der Waals surface area contributed by atoms with Crippen molar-refractivity contribution in [3.05, 3.63) is 71.8 Å². The average Bonchev–Trinajstić information content (AvgIpc) is 2.76. The van der Waals surface area contributed by atoms with E-state index in [1.807, 2.05) is 67.6 Å². The van der Waals surface area contributed by atoms with Crippen molar-refractivity contribution in [2.45, 2.75) is 38.7 Å². The summed E-state index contributed by atoms with van der Waals surface area (Å²) in [5.41, 5.74) is 1.89. The van der Waals surface area contributed by atoms with Gasteiger partial charge < -0.3 is 20.2 Å². The molecule has 0 aliphatic rings. The number of hydrogen-bond donors (Lipinski definition) is 2. The number of hydrogen-bond acceptors (Lipinski definition) is 4. The maximum atomic E-state index is 12.1. The summed E-state index contributed by atoms with van der Waals surface area (Å²) in [5.74, 6) is -0.141. The van der Waals surface area contributed by atoms with Crippen LogP contribution in [0.5, 0.6) is 0 Å². The SMILES string of the molecule is CC(CCNC(=O)OCc1ccccc1)CC(=O)NCCC(C=O)c1ccccc1. The zero-order valence-corrected chi connectivity index (χ0v) is 17.4. The minimum Gasteiger partial charge on any atom is -0.445 e. The predicted molar refractivity (Wildman–Crippen MR) is 116 cm³/mol. The van der Waals surface area contributed by atoms with Gasteiger partial charge in [0, 0.05) is 25.4 Å². The summed E-state index contributed by atoms with van der Waals surface area (Å²) in [6, 6.07) is 19.0. The van der Waals surface area contributed by atoms with E-state index in [1.54, 1.807) is 0 Å². The summed E-state index contributed by atoms with van der Waals surface area (Å²) in [5, 5.41) is 5.59. The van der Waals surface area contributed by atoms with Crippen molar-refractivity contribution in [3.8, 4) is 0 Å². The molecule has 160 valence electrons. The molecular formula is C24H30N2O4. The van der Waals surface area contributed by atoms with E-state index in [0.29, 0.717) is 32.4 Å². The summed E-state index contributed by atoms with van der Waals surface area (Å²) in [4.78, 5) is 35.1. The molecule has 6 heteroatoms. The first-order chi connectivity index (χ1) is 14.6. The van der Waals surface area contributed by atoms with Crippen molar-refractivity contribution in [2.24, 2.45) is 5.92 Å². The lowest BCUT2D eigenvalue weighted by Gasteiger charge is -2.14. The summed E-state index contributed by atoms with van der Waals surface area (Å²) in [6.07, 6.45) is 2.08. The Morgan fingerprint density at radius 2 is 1.57 bits per heavy atom. The molecule has 2 atom stereocenters. The second-order valence-electron chi connectivity index (χ2n) is 7.38. The minimum absolute atomic E-state index is 0.0492. The summed E-state index contributed by atoms with van der Waals surface area (Å²) in [6.45, 7) is 3.10. The zero-order valence-electron chi connectivity index (χ0n) is 17.4. The van der Waals surface area contributed by atoms with Crippen molar-refractivity contribution >= 4 is 18.3 Å². The Kier molecular flexibility index (Phi) is 10.1. The van der Waals surface area contributed by atoms with Crippen molar-refractivity contribution in [3.63, 3.8) is 0 Å². The van der Waals surface area contributed by atoms with E-state index >= 15 is 0 Å². The van der Waals surface area contributed by atoms with Gasteiger partial charge in [0.1, 0.15) is 12.9 Å². The summed E-state index contributed by atoms with van der Waals surface area (Å²) < 4.78 is 5.16. The van der Waals surface area contributed by atoms with E-state index in [4.69, 9.17) is 4.74 Å². The normalized spacial score (nSPS) is 12.4. The Hall–Kier alpha value is -3.15. The lowest BCUT2D eigenvalue weighted by Crippen LogP contribution is -2.29. The van der Waals surface area contributed by atoms with Crippen molar-refractivity contribution in [1.82, 2.24) is 10.6 Å². The molecule has 0 spiro atoms. The van der Waals surface area contributed by atoms with Crippen LogP contribution in [-0.2, 0) is 20.9 Å². The average molecular weight is 411 g/mol. The van der Waals surface area contributed by atoms with Gasteiger partial charge in [0.05, 0.1) is 0 Å². The van der Waals surface area contributed by atoms with Crippen LogP contribution in [0.25, 0.3) is 0 Å². The van der Waals surface area contributed by atoms with Gasteiger partial charge in [0.2, 0.25) is 5.91 Å². The third kappa shape index (κ3) is 8.90. The maximum Gasteiger partial charge on any atom is 0.407 e. The summed E-state index contributed by atoms with van der Waals surface area (Å²) >= 11 is 0. The van der Waals surface area contributed by atoms with Gasteiger partial charge in [0.25, 0.3) is 0 Å². The van der Waals surface area contributed by atoms with Crippen molar-refractivity contribution < 1.29 is 19.1 Å². The van der Waals surface area contributed by atoms with Gasteiger partial charge in [0.15, 0.2) is 0 Å². The molecule has 0 heterocycles. The fourth-order valence-electron chi connectivity index (χ4n) is 3.07. The van der Waals surface area contributed by atoms with Crippen LogP contribution in [-0.4, -0.2) is 31.4 Å². The Balaban J connectivity index is 1.56. The van der Waals surface area contributed by atoms with Gasteiger partial charge in [-0.1, -0.05) is 67.6 Å². The van der Waals surface area contributed by atoms with Crippen LogP contribution in [0.4, 0.5) is 4.79 Å². The number of nitrogens with one attached hydrogen (secondary N) is 2. The highest BCUT2D eigenvalue weighted by Gasteiger charge is 2.13. The Bertz CT molecular complexity index is 780. The van der Waals surface area contributed by atoms with E-state index in [1.165, 1.54) is 0 Å². The van der Waals surface area contributed by atoms with E-state index in [0.717, 1.165) is 17.4 Å². The van der Waals surface area contributed by atoms with Crippen LogP contribution in [0.3, 0.4) is 0 Å². The molecule has 2 amide bonds. The number of carbonyl (C=O) groups excluding carboxylic acids is 3. The van der Waals surface area contributed by atoms with Gasteiger partial charge in [-0.15, -0.1) is 0 Å². The molecule has 2 unspecified atom stereocenters. The van der Waals surface area contributed by atoms with Crippen LogP contribution in [0, 0.1) is 5.92 Å². The van der Waals surface area contributed by atoms with Crippen LogP contribution < -0.4 is 10.6 Å². The van der Waals surface area contributed by atoms with Gasteiger partial charge >= 0.3 is 6.09 Å². The highest BCUT2D eigenvalue weighted by atomic mass is 16.5. The lowest BCUT2D eigenvalue weighted by atomic mass is 9.97. The largest absolute Gasteiger partial charge is 0.445 e. The number of aldehydes is 1. The van der Waals surface area contributed by atoms with Crippen LogP contribution in [0.15, 0.2) is 60.7 Å². The van der Waals surface area contributed by atoms with E-state index in [-0.39, 0.29) is 24.3 Å².